The van der Waals surface area contributed by atoms with Gasteiger partial charge in [-0.15, -0.1) is 10.2 Å². The van der Waals surface area contributed by atoms with Gasteiger partial charge in [0.25, 0.3) is 0 Å². The Morgan fingerprint density at radius 2 is 0.686 bits per heavy atom. The van der Waals surface area contributed by atoms with Crippen LogP contribution in [0.5, 0.6) is 34.5 Å². The maximum absolute atomic E-state index is 13.4. The van der Waals surface area contributed by atoms with Crippen LogP contribution in [-0.4, -0.2) is 53.9 Å². The molecule has 0 aliphatic rings. The molecule has 0 saturated heterocycles. The summed E-state index contributed by atoms with van der Waals surface area (Å²) in [4.78, 5) is 0. The van der Waals surface area contributed by atoms with Gasteiger partial charge in [0.15, 0.2) is 50.4 Å². The number of hydrogen-bond acceptors (Lipinski definition) is 11. The maximum atomic E-state index is 13.4. The summed E-state index contributed by atoms with van der Waals surface area (Å²) in [5.74, 6) is 3.40. The average Bonchev–Trinajstić information content (AvgIpc) is 3.16. The molecule has 0 fully saturated rings. The van der Waals surface area contributed by atoms with Gasteiger partial charge in [-0.05, 0) is 47.5 Å². The number of halogens is 1. The standard InChI is InChI=1S/C38H40O7P.ClHO4/c1-40-29-20-13-21-30(41-2)35(29)46(36-31(42-3)22-14-23-32(36)43-4,37-33(44-5)24-15-25-34(37)45-6)26-38(39,27-16-9-7-10-17-27)28-18-11-8-12-19-28;2-1(3,4)5/h7-25,39H,26H2,1-6H3;(H,2,3,4,5)/q+1;/p-1. The van der Waals surface area contributed by atoms with E-state index in [2.05, 4.69) is 0 Å². The van der Waals surface area contributed by atoms with Crippen molar-refractivity contribution in [3.05, 3.63) is 126 Å². The number of benzene rings is 5. The molecule has 5 aromatic carbocycles. The summed E-state index contributed by atoms with van der Waals surface area (Å²) in [6.45, 7) is 0. The number of aliphatic hydroxyl groups is 1. The van der Waals surface area contributed by atoms with Crippen LogP contribution in [0.4, 0.5) is 0 Å². The first-order valence-electron chi connectivity index (χ1n) is 15.4. The molecule has 0 aliphatic heterocycles. The number of hydrogen-bond donors (Lipinski definition) is 1. The quantitative estimate of drug-likeness (QED) is 0.173. The monoisotopic (exact) mass is 738 g/mol. The van der Waals surface area contributed by atoms with E-state index in [4.69, 9.17) is 47.1 Å². The highest BCUT2D eigenvalue weighted by atomic mass is 35.7. The van der Waals surface area contributed by atoms with E-state index in [0.29, 0.717) is 45.6 Å². The van der Waals surface area contributed by atoms with E-state index in [0.717, 1.165) is 15.9 Å². The maximum Gasteiger partial charge on any atom is 0.188 e. The summed E-state index contributed by atoms with van der Waals surface area (Å²) < 4.78 is 70.9. The summed E-state index contributed by atoms with van der Waals surface area (Å²) in [5.41, 5.74) is -0.135. The fourth-order valence-electron chi connectivity index (χ4n) is 6.32. The summed E-state index contributed by atoms with van der Waals surface area (Å²) in [5, 5.41) is 15.6. The van der Waals surface area contributed by atoms with E-state index in [1.54, 1.807) is 42.7 Å². The largest absolute Gasteiger partial charge is 0.492 e. The van der Waals surface area contributed by atoms with Crippen molar-refractivity contribution in [2.24, 2.45) is 0 Å². The Labute approximate surface area is 300 Å². The van der Waals surface area contributed by atoms with Crippen LogP contribution in [-0.2, 0) is 5.60 Å². The first kappa shape index (κ1) is 39.2. The second-order valence-electron chi connectivity index (χ2n) is 11.0. The van der Waals surface area contributed by atoms with Gasteiger partial charge in [0.05, 0.1) is 42.7 Å². The molecule has 270 valence electrons. The van der Waals surface area contributed by atoms with Crippen LogP contribution in [0.1, 0.15) is 11.1 Å². The highest BCUT2D eigenvalue weighted by Crippen LogP contribution is 2.68. The van der Waals surface area contributed by atoms with Crippen molar-refractivity contribution < 1.29 is 62.4 Å². The predicted molar refractivity (Wildman–Crippen MR) is 185 cm³/mol. The van der Waals surface area contributed by atoms with Gasteiger partial charge in [0.1, 0.15) is 19.0 Å². The molecular weight excluding hydrogens is 699 g/mol. The third-order valence-corrected chi connectivity index (χ3v) is 12.9. The minimum atomic E-state index is -4.94. The molecule has 1 N–H and O–H groups in total. The first-order valence-corrected chi connectivity index (χ1v) is 18.6. The lowest BCUT2D eigenvalue weighted by Crippen LogP contribution is -2.68. The zero-order valence-corrected chi connectivity index (χ0v) is 30.7. The van der Waals surface area contributed by atoms with Crippen LogP contribution in [0, 0.1) is 10.2 Å². The SMILES string of the molecule is COc1cccc(OC)c1[P+](CC(O)(c1ccccc1)c1ccccc1)(c1c(OC)cccc1OC)c1c(OC)cccc1OC.[O-][Cl+3]([O-])([O-])[O-]. The minimum Gasteiger partial charge on any atom is -0.492 e. The van der Waals surface area contributed by atoms with Gasteiger partial charge in [-0.2, -0.15) is 0 Å². The summed E-state index contributed by atoms with van der Waals surface area (Å²) in [6, 6.07) is 36.4. The first-order chi connectivity index (χ1) is 24.4. The second-order valence-corrected chi connectivity index (χ2v) is 15.0. The smallest absolute Gasteiger partial charge is 0.188 e. The van der Waals surface area contributed by atoms with E-state index < -0.39 is 23.1 Å². The van der Waals surface area contributed by atoms with Gasteiger partial charge in [-0.25, -0.2) is 18.6 Å². The number of rotatable bonds is 13. The second kappa shape index (κ2) is 17.1. The van der Waals surface area contributed by atoms with E-state index >= 15 is 0 Å². The Bertz CT molecular complexity index is 1620. The van der Waals surface area contributed by atoms with E-state index in [9.17, 15) is 5.11 Å². The Hall–Kier alpha value is -4.58. The van der Waals surface area contributed by atoms with Gasteiger partial charge in [-0.3, -0.25) is 0 Å². The van der Waals surface area contributed by atoms with E-state index in [1.165, 1.54) is 0 Å². The minimum absolute atomic E-state index is 0.123. The molecule has 0 atom stereocenters. The molecule has 51 heavy (non-hydrogen) atoms. The van der Waals surface area contributed by atoms with E-state index in [1.807, 2.05) is 115 Å². The molecule has 0 aromatic heterocycles. The lowest BCUT2D eigenvalue weighted by Gasteiger charge is -2.38. The Kier molecular flexibility index (Phi) is 13.1. The van der Waals surface area contributed by atoms with Gasteiger partial charge < -0.3 is 33.5 Å². The van der Waals surface area contributed by atoms with Crippen molar-refractivity contribution in [1.82, 2.24) is 0 Å². The highest BCUT2D eigenvalue weighted by molar-refractivity contribution is 7.96. The highest BCUT2D eigenvalue weighted by Gasteiger charge is 2.61. The molecule has 13 heteroatoms. The normalized spacial score (nSPS) is 11.5. The molecule has 0 bridgehead atoms. The van der Waals surface area contributed by atoms with Crippen LogP contribution in [0.25, 0.3) is 0 Å². The van der Waals surface area contributed by atoms with Crippen LogP contribution in [0.3, 0.4) is 0 Å². The molecular formula is C38H40ClO11P. The molecule has 5 rings (SSSR count). The van der Waals surface area contributed by atoms with Gasteiger partial charge in [-0.1, -0.05) is 78.9 Å². The van der Waals surface area contributed by atoms with Crippen molar-refractivity contribution in [3.8, 4) is 34.5 Å². The Balaban J connectivity index is 0.00000109. The molecule has 0 saturated carbocycles. The molecule has 11 nitrogen and oxygen atoms in total. The van der Waals surface area contributed by atoms with Crippen LogP contribution < -0.4 is 63.0 Å². The summed E-state index contributed by atoms with van der Waals surface area (Å²) in [7, 11) is 1.51. The zero-order chi connectivity index (χ0) is 37.2. The lowest BCUT2D eigenvalue weighted by molar-refractivity contribution is -2.00. The van der Waals surface area contributed by atoms with Crippen molar-refractivity contribution >= 4 is 23.2 Å². The van der Waals surface area contributed by atoms with E-state index in [-0.39, 0.29) is 6.16 Å². The van der Waals surface area contributed by atoms with Gasteiger partial charge >= 0.3 is 0 Å². The molecule has 0 amide bonds. The average molecular weight is 739 g/mol. The third-order valence-electron chi connectivity index (χ3n) is 8.32. The summed E-state index contributed by atoms with van der Waals surface area (Å²) >= 11 is 0. The van der Waals surface area contributed by atoms with Gasteiger partial charge in [0.2, 0.25) is 0 Å². The van der Waals surface area contributed by atoms with Crippen LogP contribution >= 0.6 is 7.26 Å². The number of ether oxygens (including phenoxy) is 6. The lowest BCUT2D eigenvalue weighted by atomic mass is 9.88. The molecule has 0 radical (unpaired) electrons. The third kappa shape index (κ3) is 8.32. The fraction of sp³-hybridized carbons (Fsp3) is 0.211. The van der Waals surface area contributed by atoms with Crippen LogP contribution in [0.15, 0.2) is 115 Å². The van der Waals surface area contributed by atoms with Crippen molar-refractivity contribution in [1.29, 1.82) is 0 Å². The Morgan fingerprint density at radius 3 is 0.902 bits per heavy atom. The molecule has 0 unspecified atom stereocenters. The molecule has 0 spiro atoms. The predicted octanol–water partition coefficient (Wildman–Crippen LogP) is 1.21. The van der Waals surface area contributed by atoms with Crippen LogP contribution in [0.2, 0.25) is 0 Å². The topological polar surface area (TPSA) is 168 Å². The van der Waals surface area contributed by atoms with Crippen molar-refractivity contribution in [2.45, 2.75) is 5.60 Å². The Morgan fingerprint density at radius 1 is 0.451 bits per heavy atom. The molecule has 5 aromatic rings. The number of methoxy groups -OCH3 is 6. The zero-order valence-electron chi connectivity index (χ0n) is 29.0. The van der Waals surface area contributed by atoms with Crippen molar-refractivity contribution in [3.63, 3.8) is 0 Å². The molecule has 0 aliphatic carbocycles. The fourth-order valence-corrected chi connectivity index (χ4v) is 11.8. The van der Waals surface area contributed by atoms with Gasteiger partial charge in [0, 0.05) is 0 Å². The summed E-state index contributed by atoms with van der Waals surface area (Å²) in [6.07, 6.45) is 0.123. The molecule has 0 heterocycles. The van der Waals surface area contributed by atoms with Crippen molar-refractivity contribution in [2.75, 3.05) is 48.8 Å².